The average molecular weight is 277 g/mol. The van der Waals surface area contributed by atoms with Crippen molar-refractivity contribution in [1.82, 2.24) is 9.59 Å². The molecule has 0 atom stereocenters. The minimum atomic E-state index is 0.202. The Labute approximate surface area is 113 Å². The van der Waals surface area contributed by atoms with Gasteiger partial charge >= 0.3 is 0 Å². The summed E-state index contributed by atoms with van der Waals surface area (Å²) in [5, 5.41) is 13.4. The Morgan fingerprint density at radius 2 is 2.21 bits per heavy atom. The van der Waals surface area contributed by atoms with Crippen LogP contribution in [0.15, 0.2) is 18.2 Å². The molecule has 0 unspecified atom stereocenters. The number of hydrazine groups is 1. The van der Waals surface area contributed by atoms with Crippen molar-refractivity contribution in [1.29, 1.82) is 5.26 Å². The van der Waals surface area contributed by atoms with Crippen LogP contribution in [0.4, 0.5) is 5.00 Å². The van der Waals surface area contributed by atoms with E-state index in [-0.39, 0.29) is 6.61 Å². The fourth-order valence-electron chi connectivity index (χ4n) is 1.40. The van der Waals surface area contributed by atoms with Crippen LogP contribution in [0.3, 0.4) is 0 Å². The van der Waals surface area contributed by atoms with Gasteiger partial charge in [-0.3, -0.25) is 0 Å². The van der Waals surface area contributed by atoms with Crippen molar-refractivity contribution in [3.63, 3.8) is 0 Å². The molecule has 1 heterocycles. The highest BCUT2D eigenvalue weighted by atomic mass is 32.1. The zero-order valence-electron chi connectivity index (χ0n) is 10.1. The number of nitrogen functional groups attached to an aromatic ring is 1. The van der Waals surface area contributed by atoms with Gasteiger partial charge in [-0.1, -0.05) is 4.49 Å². The summed E-state index contributed by atoms with van der Waals surface area (Å²) in [6, 6.07) is 6.98. The predicted octanol–water partition coefficient (Wildman–Crippen LogP) is 1.28. The van der Waals surface area contributed by atoms with E-state index in [1.165, 1.54) is 7.11 Å². The maximum absolute atomic E-state index is 8.91. The van der Waals surface area contributed by atoms with Gasteiger partial charge < -0.3 is 14.9 Å². The zero-order valence-corrected chi connectivity index (χ0v) is 10.9. The molecule has 19 heavy (non-hydrogen) atoms. The number of nitrogens with one attached hydrogen (secondary N) is 1. The highest BCUT2D eigenvalue weighted by Gasteiger charge is 2.08. The van der Waals surface area contributed by atoms with Crippen molar-refractivity contribution >= 4 is 16.5 Å². The van der Waals surface area contributed by atoms with E-state index in [0.29, 0.717) is 27.8 Å². The molecule has 0 fully saturated rings. The van der Waals surface area contributed by atoms with Crippen molar-refractivity contribution < 1.29 is 9.47 Å². The smallest absolute Gasteiger partial charge is 0.150 e. The summed E-state index contributed by atoms with van der Waals surface area (Å²) < 4.78 is 14.4. The van der Waals surface area contributed by atoms with Gasteiger partial charge in [-0.2, -0.15) is 5.26 Å². The number of methoxy groups -OCH3 is 1. The third-order valence-electron chi connectivity index (χ3n) is 2.31. The molecule has 0 spiro atoms. The molecular formula is C11H11N5O2S. The van der Waals surface area contributed by atoms with Gasteiger partial charge in [0.25, 0.3) is 0 Å². The monoisotopic (exact) mass is 277 g/mol. The van der Waals surface area contributed by atoms with Crippen LogP contribution in [0.1, 0.15) is 11.3 Å². The molecule has 0 aliphatic heterocycles. The van der Waals surface area contributed by atoms with Crippen molar-refractivity contribution in [2.24, 2.45) is 5.84 Å². The van der Waals surface area contributed by atoms with Gasteiger partial charge in [0.15, 0.2) is 5.00 Å². The Hall–Kier alpha value is -2.37. The SMILES string of the molecule is COc1cc(C#N)cc(OCc2nnsc2NN)c1. The van der Waals surface area contributed by atoms with E-state index in [0.717, 1.165) is 11.5 Å². The van der Waals surface area contributed by atoms with Gasteiger partial charge in [0, 0.05) is 17.6 Å². The molecule has 0 amide bonds. The number of benzene rings is 1. The number of hydrogen-bond donors (Lipinski definition) is 2. The summed E-state index contributed by atoms with van der Waals surface area (Å²) in [6.45, 7) is 0.202. The molecule has 3 N–H and O–H groups in total. The average Bonchev–Trinajstić information content (AvgIpc) is 2.92. The molecule has 1 aromatic carbocycles. The number of anilines is 1. The number of rotatable bonds is 5. The molecule has 98 valence electrons. The van der Waals surface area contributed by atoms with Crippen LogP contribution >= 0.6 is 11.5 Å². The molecule has 0 aliphatic carbocycles. The number of hydrogen-bond acceptors (Lipinski definition) is 8. The summed E-state index contributed by atoms with van der Waals surface area (Å²) >= 11 is 1.15. The lowest BCUT2D eigenvalue weighted by molar-refractivity contribution is 0.299. The first kappa shape index (κ1) is 13.1. The van der Waals surface area contributed by atoms with E-state index in [1.54, 1.807) is 18.2 Å². The van der Waals surface area contributed by atoms with E-state index < -0.39 is 0 Å². The lowest BCUT2D eigenvalue weighted by Gasteiger charge is -2.07. The van der Waals surface area contributed by atoms with Crippen molar-refractivity contribution in [2.75, 3.05) is 12.5 Å². The second kappa shape index (κ2) is 5.99. The van der Waals surface area contributed by atoms with E-state index in [2.05, 4.69) is 15.0 Å². The maximum atomic E-state index is 8.91. The third-order valence-corrected chi connectivity index (χ3v) is 3.01. The van der Waals surface area contributed by atoms with Crippen LogP contribution in [0.25, 0.3) is 0 Å². The normalized spacial score (nSPS) is 9.74. The second-order valence-corrected chi connectivity index (χ2v) is 4.24. The van der Waals surface area contributed by atoms with Crippen LogP contribution in [0, 0.1) is 11.3 Å². The highest BCUT2D eigenvalue weighted by molar-refractivity contribution is 7.10. The third kappa shape index (κ3) is 3.09. The van der Waals surface area contributed by atoms with Crippen LogP contribution in [0.2, 0.25) is 0 Å². The standard InChI is InChI=1S/C11H11N5O2S/c1-17-8-2-7(5-12)3-9(4-8)18-6-10-11(14-13)19-16-15-10/h2-4,14H,6,13H2,1H3. The number of nitriles is 1. The fourth-order valence-corrected chi connectivity index (χ4v) is 1.88. The Balaban J connectivity index is 2.13. The van der Waals surface area contributed by atoms with Gasteiger partial charge in [-0.05, 0) is 12.1 Å². The minimum absolute atomic E-state index is 0.202. The van der Waals surface area contributed by atoms with E-state index in [4.69, 9.17) is 20.6 Å². The molecule has 2 rings (SSSR count). The van der Waals surface area contributed by atoms with Crippen molar-refractivity contribution in [2.45, 2.75) is 6.61 Å². The summed E-state index contributed by atoms with van der Waals surface area (Å²) in [6.07, 6.45) is 0. The minimum Gasteiger partial charge on any atom is -0.497 e. The number of nitrogens with two attached hydrogens (primary N) is 1. The Morgan fingerprint density at radius 3 is 2.89 bits per heavy atom. The van der Waals surface area contributed by atoms with Crippen LogP contribution in [-0.4, -0.2) is 16.7 Å². The summed E-state index contributed by atoms with van der Waals surface area (Å²) in [5.41, 5.74) is 3.56. The largest absolute Gasteiger partial charge is 0.497 e. The van der Waals surface area contributed by atoms with E-state index >= 15 is 0 Å². The van der Waals surface area contributed by atoms with Gasteiger partial charge in [-0.15, -0.1) is 5.10 Å². The topological polar surface area (TPSA) is 106 Å². The molecule has 1 aromatic heterocycles. The molecular weight excluding hydrogens is 266 g/mol. The van der Waals surface area contributed by atoms with Crippen LogP contribution < -0.4 is 20.7 Å². The summed E-state index contributed by atoms with van der Waals surface area (Å²) in [4.78, 5) is 0. The molecule has 7 nitrogen and oxygen atoms in total. The van der Waals surface area contributed by atoms with Gasteiger partial charge in [0.1, 0.15) is 23.8 Å². The lowest BCUT2D eigenvalue weighted by atomic mass is 10.2. The maximum Gasteiger partial charge on any atom is 0.150 e. The number of ether oxygens (including phenoxy) is 2. The fraction of sp³-hybridized carbons (Fsp3) is 0.182. The van der Waals surface area contributed by atoms with Gasteiger partial charge in [0.05, 0.1) is 18.7 Å². The first-order valence-corrected chi connectivity index (χ1v) is 6.04. The second-order valence-electron chi connectivity index (χ2n) is 3.49. The molecule has 2 aromatic rings. The molecule has 0 saturated carbocycles. The molecule has 8 heteroatoms. The van der Waals surface area contributed by atoms with E-state index in [9.17, 15) is 0 Å². The quantitative estimate of drug-likeness (QED) is 0.626. The lowest BCUT2D eigenvalue weighted by Crippen LogP contribution is -2.08. The Bertz CT molecular complexity index is 607. The van der Waals surface area contributed by atoms with Crippen LogP contribution in [-0.2, 0) is 6.61 Å². The molecule has 0 bridgehead atoms. The Morgan fingerprint density at radius 1 is 1.42 bits per heavy atom. The van der Waals surface area contributed by atoms with Crippen molar-refractivity contribution in [3.8, 4) is 17.6 Å². The molecule has 0 saturated heterocycles. The first-order chi connectivity index (χ1) is 9.26. The van der Waals surface area contributed by atoms with Gasteiger partial charge in [-0.25, -0.2) is 5.84 Å². The Kier molecular flexibility index (Phi) is 4.12. The number of aromatic nitrogens is 2. The van der Waals surface area contributed by atoms with Crippen molar-refractivity contribution in [3.05, 3.63) is 29.5 Å². The summed E-state index contributed by atoms with van der Waals surface area (Å²) in [5.74, 6) is 6.40. The highest BCUT2D eigenvalue weighted by Crippen LogP contribution is 2.24. The van der Waals surface area contributed by atoms with E-state index in [1.807, 2.05) is 6.07 Å². The predicted molar refractivity (Wildman–Crippen MR) is 69.8 cm³/mol. The van der Waals surface area contributed by atoms with Gasteiger partial charge in [0.2, 0.25) is 0 Å². The first-order valence-electron chi connectivity index (χ1n) is 5.26. The molecule has 0 radical (unpaired) electrons. The van der Waals surface area contributed by atoms with Crippen LogP contribution in [0.5, 0.6) is 11.5 Å². The number of nitrogens with zero attached hydrogens (tertiary/aromatic N) is 3. The zero-order chi connectivity index (χ0) is 13.7. The molecule has 0 aliphatic rings. The summed E-state index contributed by atoms with van der Waals surface area (Å²) in [7, 11) is 1.53.